The summed E-state index contributed by atoms with van der Waals surface area (Å²) in [6.07, 6.45) is 8.78. The van der Waals surface area contributed by atoms with Crippen molar-refractivity contribution in [1.29, 1.82) is 0 Å². The number of ether oxygens (including phenoxy) is 1. The molecule has 4 rings (SSSR count). The highest BCUT2D eigenvalue weighted by Gasteiger charge is 2.44. The van der Waals surface area contributed by atoms with E-state index < -0.39 is 29.8 Å². The van der Waals surface area contributed by atoms with Crippen LogP contribution < -0.4 is 22.9 Å². The predicted octanol–water partition coefficient (Wildman–Crippen LogP) is 1.50. The number of fused-ring (bicyclic) bond motifs is 1. The van der Waals surface area contributed by atoms with Crippen molar-refractivity contribution in [2.45, 2.75) is 140 Å². The fourth-order valence-corrected chi connectivity index (χ4v) is 8.68. The van der Waals surface area contributed by atoms with Gasteiger partial charge in [-0.25, -0.2) is 16.5 Å². The van der Waals surface area contributed by atoms with Crippen LogP contribution in [0.2, 0.25) is 0 Å². The number of carbonyl (C=O) groups is 6. The maximum atomic E-state index is 13.7. The quantitative estimate of drug-likeness (QED) is 0.0740. The summed E-state index contributed by atoms with van der Waals surface area (Å²) in [5.74, 6) is 15.9. The number of esters is 1. The molecule has 0 bridgehead atoms. The molecule has 51 heavy (non-hydrogen) atoms. The Labute approximate surface area is 301 Å². The Hall–Kier alpha value is -3.34. The Morgan fingerprint density at radius 2 is 1.63 bits per heavy atom. The number of methoxy groups -OCH3 is 1. The summed E-state index contributed by atoms with van der Waals surface area (Å²) in [6.45, 7) is 6.10. The van der Waals surface area contributed by atoms with Gasteiger partial charge in [-0.2, -0.15) is 5.90 Å². The zero-order valence-electron chi connectivity index (χ0n) is 30.8. The first-order valence-electron chi connectivity index (χ1n) is 18.6. The van der Waals surface area contributed by atoms with Gasteiger partial charge in [-0.1, -0.05) is 19.8 Å². The fraction of sp³-hybridized carbons (Fsp3) is 0.829. The van der Waals surface area contributed by atoms with E-state index in [-0.39, 0.29) is 73.2 Å². The molecular formula is C35H60N8O8. The number of amides is 4. The molecule has 3 aliphatic carbocycles. The van der Waals surface area contributed by atoms with E-state index in [4.69, 9.17) is 22.3 Å². The van der Waals surface area contributed by atoms with E-state index in [1.807, 2.05) is 13.8 Å². The van der Waals surface area contributed by atoms with Crippen molar-refractivity contribution in [3.05, 3.63) is 0 Å². The van der Waals surface area contributed by atoms with Crippen molar-refractivity contribution in [3.63, 3.8) is 0 Å². The molecule has 4 fully saturated rings. The lowest BCUT2D eigenvalue weighted by molar-refractivity contribution is -0.150. The van der Waals surface area contributed by atoms with Crippen LogP contribution in [-0.4, -0.2) is 112 Å². The van der Waals surface area contributed by atoms with Gasteiger partial charge in [0.1, 0.15) is 13.0 Å². The summed E-state index contributed by atoms with van der Waals surface area (Å²) in [4.78, 5) is 84.3. The highest BCUT2D eigenvalue weighted by molar-refractivity contribution is 5.96. The molecule has 7 N–H and O–H groups in total. The van der Waals surface area contributed by atoms with Crippen LogP contribution in [-0.2, 0) is 33.5 Å². The molecule has 0 spiro atoms. The molecule has 4 aliphatic rings. The molecule has 0 aromatic heterocycles. The second-order valence-corrected chi connectivity index (χ2v) is 15.7. The van der Waals surface area contributed by atoms with Gasteiger partial charge in [-0.3, -0.25) is 34.0 Å². The number of nitrogens with one attached hydrogen (secondary N) is 1. The summed E-state index contributed by atoms with van der Waals surface area (Å²) < 4.78 is 4.70. The number of carbonyl (C=O) groups excluding carboxylic acids is 6. The number of hydrogen-bond acceptors (Lipinski definition) is 12. The normalized spacial score (nSPS) is 28.6. The lowest BCUT2D eigenvalue weighted by Gasteiger charge is -2.43. The maximum absolute atomic E-state index is 13.7. The average molecular weight is 721 g/mol. The molecule has 3 saturated carbocycles. The third-order valence-electron chi connectivity index (χ3n) is 11.8. The van der Waals surface area contributed by atoms with Crippen LogP contribution in [0.5, 0.6) is 0 Å². The van der Waals surface area contributed by atoms with Gasteiger partial charge in [0.2, 0.25) is 11.8 Å². The van der Waals surface area contributed by atoms with Gasteiger partial charge in [0, 0.05) is 37.6 Å². The fourth-order valence-electron chi connectivity index (χ4n) is 8.68. The molecule has 1 heterocycles. The largest absolute Gasteiger partial charge is 0.469 e. The molecule has 0 aromatic carbocycles. The molecule has 0 aromatic rings. The number of urea groups is 1. The molecule has 1 aliphatic heterocycles. The van der Waals surface area contributed by atoms with E-state index in [1.165, 1.54) is 22.0 Å². The van der Waals surface area contributed by atoms with E-state index in [9.17, 15) is 28.8 Å². The van der Waals surface area contributed by atoms with Crippen molar-refractivity contribution < 1.29 is 38.3 Å². The standard InChI is InChI=1S/C35H60N8O8/c1-22-7-5-6-8-27(22)43(37)34(49)42(36)26-12-9-23(10-13-26)17-29(44)35(2,3)39-25-11-14-28-24(18-25)20-40(16-15-32(47)51-38)31(46)21-41(28)30(45)19-33(48)50-4/h22-28,39H,5-21,36-38H2,1-4H3. The molecule has 16 heteroatoms. The van der Waals surface area contributed by atoms with Crippen LogP contribution in [0.1, 0.15) is 111 Å². The van der Waals surface area contributed by atoms with Crippen molar-refractivity contribution in [2.24, 2.45) is 35.3 Å². The smallest absolute Gasteiger partial charge is 0.348 e. The lowest BCUT2D eigenvalue weighted by atomic mass is 9.78. The zero-order chi connectivity index (χ0) is 37.5. The number of ketones is 1. The van der Waals surface area contributed by atoms with E-state index in [0.29, 0.717) is 51.0 Å². The number of nitrogens with two attached hydrogens (primary N) is 3. The Morgan fingerprint density at radius 1 is 0.941 bits per heavy atom. The number of rotatable bonds is 12. The maximum Gasteiger partial charge on any atom is 0.348 e. The van der Waals surface area contributed by atoms with Crippen LogP contribution in [0.3, 0.4) is 0 Å². The minimum Gasteiger partial charge on any atom is -0.469 e. The van der Waals surface area contributed by atoms with Crippen molar-refractivity contribution in [3.8, 4) is 0 Å². The van der Waals surface area contributed by atoms with Crippen LogP contribution in [0.15, 0.2) is 0 Å². The number of hydrazine groups is 2. The second-order valence-electron chi connectivity index (χ2n) is 15.7. The van der Waals surface area contributed by atoms with Gasteiger partial charge >= 0.3 is 18.0 Å². The molecule has 1 saturated heterocycles. The Morgan fingerprint density at radius 3 is 2.27 bits per heavy atom. The SMILES string of the molecule is COC(=O)CC(=O)N1CC(=O)N(CCC(=O)ON)CC2CC(NC(C)(C)C(=O)CC3CCC(N(N)C(=O)N(N)C4CCCCC4C)CC3)CCC21. The van der Waals surface area contributed by atoms with Crippen molar-refractivity contribution >= 4 is 35.6 Å². The third kappa shape index (κ3) is 10.4. The van der Waals surface area contributed by atoms with Gasteiger partial charge < -0.3 is 24.7 Å². The summed E-state index contributed by atoms with van der Waals surface area (Å²) in [5, 5.41) is 6.22. The van der Waals surface area contributed by atoms with E-state index in [0.717, 1.165) is 38.5 Å². The first kappa shape index (κ1) is 40.4. The van der Waals surface area contributed by atoms with Crippen LogP contribution >= 0.6 is 0 Å². The molecule has 288 valence electrons. The van der Waals surface area contributed by atoms with E-state index >= 15 is 0 Å². The third-order valence-corrected chi connectivity index (χ3v) is 11.8. The number of Topliss-reactive ketones (excluding diaryl/α,β-unsaturated/α-hetero) is 1. The van der Waals surface area contributed by atoms with Gasteiger partial charge in [0.15, 0.2) is 5.78 Å². The molecule has 0 radical (unpaired) electrons. The molecule has 4 amide bonds. The zero-order valence-corrected chi connectivity index (χ0v) is 30.8. The predicted molar refractivity (Wildman–Crippen MR) is 186 cm³/mol. The Balaban J connectivity index is 1.32. The van der Waals surface area contributed by atoms with Crippen LogP contribution in [0.25, 0.3) is 0 Å². The molecule has 16 nitrogen and oxygen atoms in total. The van der Waals surface area contributed by atoms with Gasteiger partial charge in [-0.15, -0.1) is 0 Å². The Bertz CT molecular complexity index is 1270. The minimum atomic E-state index is -0.827. The topological polar surface area (TPSA) is 224 Å². The van der Waals surface area contributed by atoms with Gasteiger partial charge in [-0.05, 0) is 89.4 Å². The van der Waals surface area contributed by atoms with E-state index in [2.05, 4.69) is 17.1 Å². The lowest BCUT2D eigenvalue weighted by Crippen LogP contribution is -2.59. The average Bonchev–Trinajstić information content (AvgIpc) is 3.25. The number of hydrogen-bond donors (Lipinski definition) is 4. The first-order valence-corrected chi connectivity index (χ1v) is 18.6. The number of nitrogens with zero attached hydrogens (tertiary/aromatic N) is 4. The molecule has 5 atom stereocenters. The molecular weight excluding hydrogens is 660 g/mol. The van der Waals surface area contributed by atoms with Crippen molar-refractivity contribution in [1.82, 2.24) is 25.1 Å². The first-order chi connectivity index (χ1) is 24.1. The minimum absolute atomic E-state index is 0.00451. The van der Waals surface area contributed by atoms with Crippen LogP contribution in [0, 0.1) is 17.8 Å². The van der Waals surface area contributed by atoms with Crippen molar-refractivity contribution in [2.75, 3.05) is 26.7 Å². The Kier molecular flexibility index (Phi) is 14.2. The highest BCUT2D eigenvalue weighted by Crippen LogP contribution is 2.35. The summed E-state index contributed by atoms with van der Waals surface area (Å²) in [7, 11) is 1.21. The monoisotopic (exact) mass is 720 g/mol. The molecule has 5 unspecified atom stereocenters. The summed E-state index contributed by atoms with van der Waals surface area (Å²) in [6, 6.07) is -0.832. The van der Waals surface area contributed by atoms with Gasteiger partial charge in [0.05, 0.1) is 25.1 Å². The summed E-state index contributed by atoms with van der Waals surface area (Å²) in [5.41, 5.74) is -0.827. The van der Waals surface area contributed by atoms with E-state index in [1.54, 1.807) is 4.90 Å². The van der Waals surface area contributed by atoms with Gasteiger partial charge in [0.25, 0.3) is 0 Å². The van der Waals surface area contributed by atoms with Crippen LogP contribution in [0.4, 0.5) is 4.79 Å². The summed E-state index contributed by atoms with van der Waals surface area (Å²) >= 11 is 0. The second kappa shape index (κ2) is 17.9. The highest BCUT2D eigenvalue weighted by atomic mass is 16.7.